The average molecular weight is 253 g/mol. The molecule has 16 heavy (non-hydrogen) atoms. The van der Waals surface area contributed by atoms with Gasteiger partial charge in [0.1, 0.15) is 5.01 Å². The fourth-order valence-electron chi connectivity index (χ4n) is 1.35. The molecule has 3 nitrogen and oxygen atoms in total. The van der Waals surface area contributed by atoms with Gasteiger partial charge in [0, 0.05) is 23.0 Å². The monoisotopic (exact) mass is 253 g/mol. The number of nitrogens with one attached hydrogen (secondary N) is 1. The summed E-state index contributed by atoms with van der Waals surface area (Å²) < 4.78 is 0. The van der Waals surface area contributed by atoms with E-state index in [1.807, 2.05) is 12.4 Å². The molecule has 0 saturated heterocycles. The number of rotatable bonds is 4. The summed E-state index contributed by atoms with van der Waals surface area (Å²) in [6.45, 7) is 7.11. The van der Waals surface area contributed by atoms with Gasteiger partial charge in [-0.1, -0.05) is 0 Å². The minimum atomic E-state index is -0.0947. The SMILES string of the molecule is Cc1csc(C(C)(C)NCc2cscn2)n1. The quantitative estimate of drug-likeness (QED) is 0.910. The Kier molecular flexibility index (Phi) is 3.37. The zero-order valence-corrected chi connectivity index (χ0v) is 11.3. The fraction of sp³-hybridized carbons (Fsp3) is 0.455. The van der Waals surface area contributed by atoms with Crippen molar-refractivity contribution in [2.45, 2.75) is 32.9 Å². The highest BCUT2D eigenvalue weighted by molar-refractivity contribution is 7.09. The summed E-state index contributed by atoms with van der Waals surface area (Å²) in [5.41, 5.74) is 3.94. The third kappa shape index (κ3) is 2.66. The first-order valence-corrected chi connectivity index (χ1v) is 6.95. The normalized spacial score (nSPS) is 11.9. The lowest BCUT2D eigenvalue weighted by molar-refractivity contribution is 0.397. The summed E-state index contributed by atoms with van der Waals surface area (Å²) >= 11 is 3.33. The second-order valence-corrected chi connectivity index (χ2v) is 5.83. The van der Waals surface area contributed by atoms with Crippen molar-refractivity contribution in [1.29, 1.82) is 0 Å². The summed E-state index contributed by atoms with van der Waals surface area (Å²) in [5.74, 6) is 0. The van der Waals surface area contributed by atoms with Crippen LogP contribution in [0.4, 0.5) is 0 Å². The number of hydrogen-bond donors (Lipinski definition) is 1. The average Bonchev–Trinajstić information content (AvgIpc) is 2.85. The molecule has 0 aliphatic heterocycles. The largest absolute Gasteiger partial charge is 0.300 e. The molecule has 2 aromatic rings. The van der Waals surface area contributed by atoms with E-state index >= 15 is 0 Å². The van der Waals surface area contributed by atoms with Crippen LogP contribution in [-0.4, -0.2) is 9.97 Å². The second-order valence-electron chi connectivity index (χ2n) is 4.25. The molecule has 0 fully saturated rings. The third-order valence-electron chi connectivity index (χ3n) is 2.35. The highest BCUT2D eigenvalue weighted by Crippen LogP contribution is 2.24. The zero-order valence-electron chi connectivity index (χ0n) is 9.65. The van der Waals surface area contributed by atoms with Crippen molar-refractivity contribution in [3.05, 3.63) is 32.7 Å². The highest BCUT2D eigenvalue weighted by Gasteiger charge is 2.23. The van der Waals surface area contributed by atoms with E-state index in [4.69, 9.17) is 0 Å². The maximum absolute atomic E-state index is 4.52. The van der Waals surface area contributed by atoms with Crippen LogP contribution in [0.2, 0.25) is 0 Å². The van der Waals surface area contributed by atoms with Gasteiger partial charge >= 0.3 is 0 Å². The molecule has 0 unspecified atom stereocenters. The molecule has 2 aromatic heterocycles. The lowest BCUT2D eigenvalue weighted by Gasteiger charge is -2.23. The molecular weight excluding hydrogens is 238 g/mol. The van der Waals surface area contributed by atoms with E-state index in [1.165, 1.54) is 0 Å². The highest BCUT2D eigenvalue weighted by atomic mass is 32.1. The van der Waals surface area contributed by atoms with Crippen LogP contribution in [0.3, 0.4) is 0 Å². The molecule has 0 spiro atoms. The van der Waals surface area contributed by atoms with Gasteiger partial charge in [0.05, 0.1) is 16.7 Å². The van der Waals surface area contributed by atoms with Gasteiger partial charge < -0.3 is 5.32 Å². The molecule has 2 rings (SSSR count). The number of nitrogens with zero attached hydrogens (tertiary/aromatic N) is 2. The smallest absolute Gasteiger partial charge is 0.112 e. The lowest BCUT2D eigenvalue weighted by Crippen LogP contribution is -2.35. The first-order valence-electron chi connectivity index (χ1n) is 5.12. The summed E-state index contributed by atoms with van der Waals surface area (Å²) in [4.78, 5) is 8.78. The van der Waals surface area contributed by atoms with E-state index in [0.29, 0.717) is 0 Å². The number of aromatic nitrogens is 2. The van der Waals surface area contributed by atoms with Crippen molar-refractivity contribution >= 4 is 22.7 Å². The molecule has 0 atom stereocenters. The fourth-order valence-corrected chi connectivity index (χ4v) is 2.81. The lowest BCUT2D eigenvalue weighted by atomic mass is 10.1. The Balaban J connectivity index is 2.02. The summed E-state index contributed by atoms with van der Waals surface area (Å²) in [7, 11) is 0. The van der Waals surface area contributed by atoms with Gasteiger partial charge in [0.25, 0.3) is 0 Å². The standard InChI is InChI=1S/C11H15N3S2/c1-8-5-16-10(14-8)11(2,3)13-4-9-6-15-7-12-9/h5-7,13H,4H2,1-3H3. The maximum atomic E-state index is 4.52. The minimum absolute atomic E-state index is 0.0947. The number of hydrogen-bond acceptors (Lipinski definition) is 5. The Labute approximate surface area is 104 Å². The molecule has 0 amide bonds. The Bertz CT molecular complexity index is 446. The Morgan fingerprint density at radius 1 is 1.38 bits per heavy atom. The van der Waals surface area contributed by atoms with E-state index in [2.05, 4.69) is 39.9 Å². The van der Waals surface area contributed by atoms with Crippen molar-refractivity contribution in [3.63, 3.8) is 0 Å². The first kappa shape index (κ1) is 11.7. The Hall–Kier alpha value is -0.780. The summed E-state index contributed by atoms with van der Waals surface area (Å²) in [6.07, 6.45) is 0. The summed E-state index contributed by atoms with van der Waals surface area (Å²) in [5, 5.41) is 8.76. The molecule has 0 radical (unpaired) electrons. The van der Waals surface area contributed by atoms with Crippen LogP contribution in [-0.2, 0) is 12.1 Å². The van der Waals surface area contributed by atoms with Gasteiger partial charge in [0.15, 0.2) is 0 Å². The van der Waals surface area contributed by atoms with Gasteiger partial charge in [0.2, 0.25) is 0 Å². The van der Waals surface area contributed by atoms with Crippen LogP contribution in [0.25, 0.3) is 0 Å². The van der Waals surface area contributed by atoms with E-state index < -0.39 is 0 Å². The second kappa shape index (κ2) is 4.61. The van der Waals surface area contributed by atoms with E-state index in [9.17, 15) is 0 Å². The number of thiazole rings is 2. The molecule has 1 N–H and O–H groups in total. The molecular formula is C11H15N3S2. The van der Waals surface area contributed by atoms with E-state index in [0.717, 1.165) is 22.9 Å². The molecule has 0 bridgehead atoms. The summed E-state index contributed by atoms with van der Waals surface area (Å²) in [6, 6.07) is 0. The van der Waals surface area contributed by atoms with E-state index in [1.54, 1.807) is 22.7 Å². The van der Waals surface area contributed by atoms with Crippen molar-refractivity contribution in [2.75, 3.05) is 0 Å². The number of aryl methyl sites for hydroxylation is 1. The van der Waals surface area contributed by atoms with Gasteiger partial charge in [-0.25, -0.2) is 9.97 Å². The first-order chi connectivity index (χ1) is 7.58. The molecule has 86 valence electrons. The Morgan fingerprint density at radius 3 is 2.75 bits per heavy atom. The maximum Gasteiger partial charge on any atom is 0.112 e. The van der Waals surface area contributed by atoms with Gasteiger partial charge in [-0.3, -0.25) is 0 Å². The molecule has 2 heterocycles. The van der Waals surface area contributed by atoms with E-state index in [-0.39, 0.29) is 5.54 Å². The van der Waals surface area contributed by atoms with Crippen LogP contribution in [0, 0.1) is 6.92 Å². The van der Waals surface area contributed by atoms with Gasteiger partial charge in [-0.05, 0) is 20.8 Å². The van der Waals surface area contributed by atoms with Gasteiger partial charge in [-0.15, -0.1) is 22.7 Å². The van der Waals surface area contributed by atoms with Crippen molar-refractivity contribution in [1.82, 2.24) is 15.3 Å². The molecule has 0 aromatic carbocycles. The predicted octanol–water partition coefficient (Wildman–Crippen LogP) is 2.93. The zero-order chi connectivity index (χ0) is 11.6. The van der Waals surface area contributed by atoms with Crippen LogP contribution < -0.4 is 5.32 Å². The molecule has 0 saturated carbocycles. The molecule has 0 aliphatic carbocycles. The van der Waals surface area contributed by atoms with Crippen molar-refractivity contribution in [3.8, 4) is 0 Å². The van der Waals surface area contributed by atoms with Crippen molar-refractivity contribution < 1.29 is 0 Å². The van der Waals surface area contributed by atoms with Crippen LogP contribution in [0.5, 0.6) is 0 Å². The Morgan fingerprint density at radius 2 is 2.19 bits per heavy atom. The third-order valence-corrected chi connectivity index (χ3v) is 4.27. The van der Waals surface area contributed by atoms with Crippen molar-refractivity contribution in [2.24, 2.45) is 0 Å². The minimum Gasteiger partial charge on any atom is -0.300 e. The molecule has 0 aliphatic rings. The molecule has 5 heteroatoms. The van der Waals surface area contributed by atoms with Crippen LogP contribution in [0.1, 0.15) is 30.2 Å². The predicted molar refractivity (Wildman–Crippen MR) is 68.8 cm³/mol. The van der Waals surface area contributed by atoms with Gasteiger partial charge in [-0.2, -0.15) is 0 Å². The van der Waals surface area contributed by atoms with Crippen LogP contribution >= 0.6 is 22.7 Å². The topological polar surface area (TPSA) is 37.8 Å². The van der Waals surface area contributed by atoms with Crippen LogP contribution in [0.15, 0.2) is 16.3 Å².